The summed E-state index contributed by atoms with van der Waals surface area (Å²) in [4.78, 5) is 35.0. The second-order valence-corrected chi connectivity index (χ2v) is 8.34. The molecule has 3 aromatic rings. The zero-order valence-electron chi connectivity index (χ0n) is 17.1. The zero-order chi connectivity index (χ0) is 20.9. The Morgan fingerprint density at radius 1 is 0.933 bits per heavy atom. The molecule has 30 heavy (non-hydrogen) atoms. The van der Waals surface area contributed by atoms with Crippen molar-refractivity contribution < 1.29 is 9.59 Å². The molecule has 5 nitrogen and oxygen atoms in total. The van der Waals surface area contributed by atoms with Gasteiger partial charge in [0.2, 0.25) is 0 Å². The maximum Gasteiger partial charge on any atom is 0.254 e. The summed E-state index contributed by atoms with van der Waals surface area (Å²) < 4.78 is 0. The highest BCUT2D eigenvalue weighted by atomic mass is 32.1. The zero-order valence-corrected chi connectivity index (χ0v) is 17.9. The van der Waals surface area contributed by atoms with E-state index in [-0.39, 0.29) is 11.7 Å². The van der Waals surface area contributed by atoms with Crippen molar-refractivity contribution in [3.63, 3.8) is 0 Å². The number of benzene rings is 2. The van der Waals surface area contributed by atoms with Crippen molar-refractivity contribution in [1.29, 1.82) is 0 Å². The molecule has 0 bridgehead atoms. The second kappa shape index (κ2) is 9.32. The lowest BCUT2D eigenvalue weighted by Gasteiger charge is -2.34. The van der Waals surface area contributed by atoms with E-state index in [4.69, 9.17) is 0 Å². The summed E-state index contributed by atoms with van der Waals surface area (Å²) in [5.74, 6) is -0.190. The van der Waals surface area contributed by atoms with Crippen LogP contribution in [0.15, 0.2) is 60.0 Å². The molecule has 0 saturated carbocycles. The fourth-order valence-corrected chi connectivity index (χ4v) is 4.44. The first kappa shape index (κ1) is 20.4. The van der Waals surface area contributed by atoms with E-state index < -0.39 is 0 Å². The van der Waals surface area contributed by atoms with Crippen molar-refractivity contribution in [2.75, 3.05) is 26.2 Å². The van der Waals surface area contributed by atoms with Gasteiger partial charge in [0.15, 0.2) is 5.78 Å². The molecule has 1 aromatic heterocycles. The lowest BCUT2D eigenvalue weighted by atomic mass is 9.97. The van der Waals surface area contributed by atoms with Crippen molar-refractivity contribution in [2.45, 2.75) is 19.9 Å². The number of aromatic nitrogens is 1. The van der Waals surface area contributed by atoms with E-state index in [0.29, 0.717) is 29.8 Å². The molecule has 2 aromatic carbocycles. The molecule has 0 N–H and O–H groups in total. The maximum absolute atomic E-state index is 13.2. The molecule has 154 valence electrons. The van der Waals surface area contributed by atoms with Gasteiger partial charge in [0.25, 0.3) is 5.91 Å². The lowest BCUT2D eigenvalue weighted by Crippen LogP contribution is -2.48. The van der Waals surface area contributed by atoms with Crippen molar-refractivity contribution in [3.8, 4) is 0 Å². The molecule has 1 saturated heterocycles. The molecule has 1 aliphatic rings. The number of rotatable bonds is 6. The average Bonchev–Trinajstić information content (AvgIpc) is 3.27. The molecular formula is C24H25N3O2S. The summed E-state index contributed by atoms with van der Waals surface area (Å²) in [5.41, 5.74) is 2.64. The minimum Gasteiger partial charge on any atom is -0.336 e. The minimum atomic E-state index is -0.117. The molecule has 0 unspecified atom stereocenters. The summed E-state index contributed by atoms with van der Waals surface area (Å²) in [6, 6.07) is 16.2. The van der Waals surface area contributed by atoms with Crippen LogP contribution in [0.5, 0.6) is 0 Å². The van der Waals surface area contributed by atoms with Gasteiger partial charge in [-0.2, -0.15) is 0 Å². The summed E-state index contributed by atoms with van der Waals surface area (Å²) >= 11 is 1.71. The number of piperazine rings is 1. The molecule has 0 aliphatic carbocycles. The van der Waals surface area contributed by atoms with Crippen molar-refractivity contribution >= 4 is 23.0 Å². The summed E-state index contributed by atoms with van der Waals surface area (Å²) in [6.07, 6.45) is 0.966. The maximum atomic E-state index is 13.2. The average molecular weight is 420 g/mol. The number of ketones is 1. The topological polar surface area (TPSA) is 53.5 Å². The van der Waals surface area contributed by atoms with Crippen molar-refractivity contribution in [3.05, 3.63) is 87.4 Å². The third-order valence-electron chi connectivity index (χ3n) is 5.38. The van der Waals surface area contributed by atoms with Crippen LogP contribution in [-0.4, -0.2) is 52.7 Å². The molecule has 1 fully saturated rings. The Labute approximate surface area is 181 Å². The van der Waals surface area contributed by atoms with Gasteiger partial charge in [-0.25, -0.2) is 4.98 Å². The van der Waals surface area contributed by atoms with E-state index in [9.17, 15) is 9.59 Å². The number of amides is 1. The van der Waals surface area contributed by atoms with Gasteiger partial charge in [0.05, 0.1) is 16.3 Å². The highest BCUT2D eigenvalue weighted by molar-refractivity contribution is 7.09. The molecule has 1 aliphatic heterocycles. The van der Waals surface area contributed by atoms with Crippen LogP contribution in [0.1, 0.15) is 43.9 Å². The van der Waals surface area contributed by atoms with Gasteiger partial charge in [0.1, 0.15) is 0 Å². The molecule has 6 heteroatoms. The highest BCUT2D eigenvalue weighted by Gasteiger charge is 2.26. The third kappa shape index (κ3) is 4.50. The number of thiazole rings is 1. The number of aryl methyl sites for hydroxylation is 1. The van der Waals surface area contributed by atoms with Gasteiger partial charge in [-0.1, -0.05) is 55.5 Å². The number of carbonyl (C=O) groups excluding carboxylic acids is 2. The highest BCUT2D eigenvalue weighted by Crippen LogP contribution is 2.19. The van der Waals surface area contributed by atoms with Gasteiger partial charge in [0, 0.05) is 49.2 Å². The Hall–Kier alpha value is -2.83. The fraction of sp³-hybridized carbons (Fsp3) is 0.292. The van der Waals surface area contributed by atoms with Crippen LogP contribution in [0.4, 0.5) is 0 Å². The van der Waals surface area contributed by atoms with E-state index in [2.05, 4.69) is 22.2 Å². The molecular weight excluding hydrogens is 394 g/mol. The van der Waals surface area contributed by atoms with Crippen molar-refractivity contribution in [1.82, 2.24) is 14.8 Å². The fourth-order valence-electron chi connectivity index (χ4n) is 3.71. The number of carbonyl (C=O) groups is 2. The first-order valence-corrected chi connectivity index (χ1v) is 11.2. The van der Waals surface area contributed by atoms with E-state index in [1.54, 1.807) is 35.6 Å². The molecule has 0 spiro atoms. The quantitative estimate of drug-likeness (QED) is 0.569. The Kier molecular flexibility index (Phi) is 6.35. The smallest absolute Gasteiger partial charge is 0.254 e. The monoisotopic (exact) mass is 419 g/mol. The lowest BCUT2D eigenvalue weighted by molar-refractivity contribution is 0.0624. The Bertz CT molecular complexity index is 1020. The number of hydrogen-bond acceptors (Lipinski definition) is 5. The number of nitrogens with zero attached hydrogens (tertiary/aromatic N) is 3. The van der Waals surface area contributed by atoms with Gasteiger partial charge >= 0.3 is 0 Å². The van der Waals surface area contributed by atoms with Crippen LogP contribution in [-0.2, 0) is 13.0 Å². The SMILES string of the molecule is CCc1nc(CN2CCN(C(=O)c3ccccc3C(=O)c3ccccc3)CC2)cs1. The van der Waals surface area contributed by atoms with Crippen LogP contribution in [0.3, 0.4) is 0 Å². The van der Waals surface area contributed by atoms with E-state index in [1.807, 2.05) is 35.2 Å². The first-order chi connectivity index (χ1) is 14.7. The standard InChI is InChI=1S/C24H25N3O2S/c1-2-22-25-19(17-30-22)16-26-12-14-27(15-13-26)24(29)21-11-7-6-10-20(21)23(28)18-8-4-3-5-9-18/h3-11,17H,2,12-16H2,1H3. The first-order valence-electron chi connectivity index (χ1n) is 10.3. The van der Waals surface area contributed by atoms with Crippen LogP contribution in [0.25, 0.3) is 0 Å². The molecule has 0 atom stereocenters. The van der Waals surface area contributed by atoms with Crippen LogP contribution in [0, 0.1) is 0 Å². The normalized spacial score (nSPS) is 14.6. The third-order valence-corrected chi connectivity index (χ3v) is 6.43. The summed E-state index contributed by atoms with van der Waals surface area (Å²) in [5, 5.41) is 3.29. The molecule has 2 heterocycles. The number of hydrogen-bond donors (Lipinski definition) is 0. The summed E-state index contributed by atoms with van der Waals surface area (Å²) in [7, 11) is 0. The molecule has 4 rings (SSSR count). The van der Waals surface area contributed by atoms with Crippen LogP contribution >= 0.6 is 11.3 Å². The molecule has 0 radical (unpaired) electrons. The summed E-state index contributed by atoms with van der Waals surface area (Å²) in [6.45, 7) is 5.85. The van der Waals surface area contributed by atoms with Gasteiger partial charge in [-0.05, 0) is 12.5 Å². The Balaban J connectivity index is 1.43. The van der Waals surface area contributed by atoms with E-state index >= 15 is 0 Å². The van der Waals surface area contributed by atoms with E-state index in [0.717, 1.165) is 31.7 Å². The largest absolute Gasteiger partial charge is 0.336 e. The predicted molar refractivity (Wildman–Crippen MR) is 119 cm³/mol. The van der Waals surface area contributed by atoms with Gasteiger partial charge in [-0.15, -0.1) is 11.3 Å². The Morgan fingerprint density at radius 2 is 1.60 bits per heavy atom. The van der Waals surface area contributed by atoms with Gasteiger partial charge < -0.3 is 4.90 Å². The molecule has 1 amide bonds. The predicted octanol–water partition coefficient (Wildman–Crippen LogP) is 3.89. The second-order valence-electron chi connectivity index (χ2n) is 7.40. The van der Waals surface area contributed by atoms with Crippen LogP contribution in [0.2, 0.25) is 0 Å². The van der Waals surface area contributed by atoms with E-state index in [1.165, 1.54) is 5.01 Å². The Morgan fingerprint density at radius 3 is 2.27 bits per heavy atom. The van der Waals surface area contributed by atoms with Gasteiger partial charge in [-0.3, -0.25) is 14.5 Å². The minimum absolute atomic E-state index is 0.0727. The van der Waals surface area contributed by atoms with Crippen molar-refractivity contribution in [2.24, 2.45) is 0 Å². The van der Waals surface area contributed by atoms with Crippen LogP contribution < -0.4 is 0 Å².